The van der Waals surface area contributed by atoms with Gasteiger partial charge in [0.05, 0.1) is 17.9 Å². The number of esters is 1. The highest BCUT2D eigenvalue weighted by Crippen LogP contribution is 2.23. The van der Waals surface area contributed by atoms with Crippen molar-refractivity contribution < 1.29 is 9.53 Å². The molecule has 0 aliphatic carbocycles. The number of nitrogens with two attached hydrogens (primary N) is 2. The average molecular weight is 306 g/mol. The van der Waals surface area contributed by atoms with Crippen molar-refractivity contribution in [3.8, 4) is 0 Å². The summed E-state index contributed by atoms with van der Waals surface area (Å²) in [6.07, 6.45) is 9.77. The van der Waals surface area contributed by atoms with Gasteiger partial charge in [0.15, 0.2) is 0 Å². The topological polar surface area (TPSA) is 78.3 Å². The molecule has 1 aromatic carbocycles. The van der Waals surface area contributed by atoms with E-state index in [1.54, 1.807) is 19.1 Å². The molecule has 0 atom stereocenters. The van der Waals surface area contributed by atoms with Crippen molar-refractivity contribution >= 4 is 17.3 Å². The van der Waals surface area contributed by atoms with Crippen LogP contribution >= 0.6 is 0 Å². The van der Waals surface area contributed by atoms with E-state index < -0.39 is 0 Å². The number of hydrogen-bond acceptors (Lipinski definition) is 4. The lowest BCUT2D eigenvalue weighted by Gasteiger charge is -2.10. The SMILES string of the molecule is CCCCCCCCCCOC(=O)c1ccc(N)c(C)c1N. The number of unbranched alkanes of at least 4 members (excludes halogenated alkanes) is 7. The van der Waals surface area contributed by atoms with Crippen LogP contribution < -0.4 is 11.5 Å². The van der Waals surface area contributed by atoms with Gasteiger partial charge >= 0.3 is 5.97 Å². The number of ether oxygens (including phenoxy) is 1. The molecule has 0 saturated heterocycles. The van der Waals surface area contributed by atoms with Crippen molar-refractivity contribution in [3.05, 3.63) is 23.3 Å². The van der Waals surface area contributed by atoms with Crippen LogP contribution in [0.4, 0.5) is 11.4 Å². The first-order valence-electron chi connectivity index (χ1n) is 8.39. The van der Waals surface area contributed by atoms with Crippen molar-refractivity contribution in [2.75, 3.05) is 18.1 Å². The Morgan fingerprint density at radius 1 is 1.00 bits per heavy atom. The molecule has 0 saturated carbocycles. The molecule has 0 aromatic heterocycles. The number of rotatable bonds is 10. The van der Waals surface area contributed by atoms with Crippen LogP contribution in [0.15, 0.2) is 12.1 Å². The second-order valence-corrected chi connectivity index (χ2v) is 5.85. The van der Waals surface area contributed by atoms with E-state index in [0.29, 0.717) is 23.5 Å². The summed E-state index contributed by atoms with van der Waals surface area (Å²) in [5.41, 5.74) is 13.8. The summed E-state index contributed by atoms with van der Waals surface area (Å²) < 4.78 is 5.29. The second kappa shape index (κ2) is 10.1. The van der Waals surface area contributed by atoms with Crippen LogP contribution in [-0.4, -0.2) is 12.6 Å². The standard InChI is InChI=1S/C18H30N2O2/c1-3-4-5-6-7-8-9-10-13-22-18(21)15-11-12-16(19)14(2)17(15)20/h11-12H,3-10,13,19-20H2,1-2H3. The third-order valence-corrected chi connectivity index (χ3v) is 4.01. The van der Waals surface area contributed by atoms with Gasteiger partial charge < -0.3 is 16.2 Å². The van der Waals surface area contributed by atoms with Gasteiger partial charge in [-0.3, -0.25) is 0 Å². The Balaban J connectivity index is 2.20. The first-order valence-corrected chi connectivity index (χ1v) is 8.39. The van der Waals surface area contributed by atoms with E-state index in [9.17, 15) is 4.79 Å². The first kappa shape index (κ1) is 18.3. The highest BCUT2D eigenvalue weighted by atomic mass is 16.5. The summed E-state index contributed by atoms with van der Waals surface area (Å²) in [5.74, 6) is -0.358. The van der Waals surface area contributed by atoms with Crippen LogP contribution in [0.2, 0.25) is 0 Å². The van der Waals surface area contributed by atoms with Crippen molar-refractivity contribution in [3.63, 3.8) is 0 Å². The van der Waals surface area contributed by atoms with Gasteiger partial charge in [0.1, 0.15) is 0 Å². The maximum absolute atomic E-state index is 12.0. The minimum atomic E-state index is -0.358. The quantitative estimate of drug-likeness (QED) is 0.380. The number of hydrogen-bond donors (Lipinski definition) is 2. The Hall–Kier alpha value is -1.71. The Morgan fingerprint density at radius 2 is 1.59 bits per heavy atom. The molecule has 22 heavy (non-hydrogen) atoms. The monoisotopic (exact) mass is 306 g/mol. The average Bonchev–Trinajstić information content (AvgIpc) is 2.51. The largest absolute Gasteiger partial charge is 0.462 e. The maximum Gasteiger partial charge on any atom is 0.340 e. The molecule has 0 spiro atoms. The molecule has 4 heteroatoms. The lowest BCUT2D eigenvalue weighted by Crippen LogP contribution is -2.11. The minimum Gasteiger partial charge on any atom is -0.462 e. The van der Waals surface area contributed by atoms with E-state index in [0.717, 1.165) is 18.4 Å². The van der Waals surface area contributed by atoms with Crippen LogP contribution in [0, 0.1) is 6.92 Å². The van der Waals surface area contributed by atoms with Gasteiger partial charge in [-0.05, 0) is 31.0 Å². The zero-order chi connectivity index (χ0) is 16.4. The second-order valence-electron chi connectivity index (χ2n) is 5.85. The van der Waals surface area contributed by atoms with Crippen LogP contribution in [0.3, 0.4) is 0 Å². The minimum absolute atomic E-state index is 0.358. The molecule has 124 valence electrons. The predicted octanol–water partition coefficient (Wildman–Crippen LogP) is 4.46. The summed E-state index contributed by atoms with van der Waals surface area (Å²) in [5, 5.41) is 0. The van der Waals surface area contributed by atoms with Crippen molar-refractivity contribution in [2.24, 2.45) is 0 Å². The number of carbonyl (C=O) groups is 1. The van der Waals surface area contributed by atoms with Gasteiger partial charge in [0.2, 0.25) is 0 Å². The lowest BCUT2D eigenvalue weighted by molar-refractivity contribution is 0.0499. The zero-order valence-electron chi connectivity index (χ0n) is 14.0. The van der Waals surface area contributed by atoms with E-state index in [1.807, 2.05) is 0 Å². The molecular formula is C18H30N2O2. The first-order chi connectivity index (χ1) is 10.6. The number of benzene rings is 1. The van der Waals surface area contributed by atoms with Gasteiger partial charge in [-0.25, -0.2) is 4.79 Å². The number of nitrogen functional groups attached to an aromatic ring is 2. The van der Waals surface area contributed by atoms with Gasteiger partial charge in [-0.2, -0.15) is 0 Å². The van der Waals surface area contributed by atoms with E-state index in [2.05, 4.69) is 6.92 Å². The Bertz CT molecular complexity index is 472. The maximum atomic E-state index is 12.0. The van der Waals surface area contributed by atoms with Crippen LogP contribution in [-0.2, 0) is 4.74 Å². The molecule has 0 amide bonds. The fourth-order valence-electron chi connectivity index (χ4n) is 2.40. The molecule has 0 radical (unpaired) electrons. The van der Waals surface area contributed by atoms with Crippen LogP contribution in [0.1, 0.15) is 74.2 Å². The molecular weight excluding hydrogens is 276 g/mol. The molecule has 4 nitrogen and oxygen atoms in total. The predicted molar refractivity (Wildman–Crippen MR) is 92.9 cm³/mol. The molecule has 0 fully saturated rings. The molecule has 0 aliphatic rings. The normalized spacial score (nSPS) is 10.6. The Kier molecular flexibility index (Phi) is 8.41. The fourth-order valence-corrected chi connectivity index (χ4v) is 2.40. The van der Waals surface area contributed by atoms with E-state index in [-0.39, 0.29) is 5.97 Å². The molecule has 0 heterocycles. The molecule has 0 unspecified atom stereocenters. The highest BCUT2D eigenvalue weighted by molar-refractivity contribution is 5.96. The summed E-state index contributed by atoms with van der Waals surface area (Å²) in [6, 6.07) is 3.33. The molecule has 0 aliphatic heterocycles. The van der Waals surface area contributed by atoms with Gasteiger partial charge in [-0.15, -0.1) is 0 Å². The smallest absolute Gasteiger partial charge is 0.340 e. The van der Waals surface area contributed by atoms with Gasteiger partial charge in [-0.1, -0.05) is 51.9 Å². The number of carbonyl (C=O) groups excluding carboxylic acids is 1. The van der Waals surface area contributed by atoms with E-state index >= 15 is 0 Å². The molecule has 1 rings (SSSR count). The lowest BCUT2D eigenvalue weighted by atomic mass is 10.1. The fraction of sp³-hybridized carbons (Fsp3) is 0.611. The van der Waals surface area contributed by atoms with Crippen LogP contribution in [0.5, 0.6) is 0 Å². The Morgan fingerprint density at radius 3 is 2.23 bits per heavy atom. The third kappa shape index (κ3) is 5.96. The summed E-state index contributed by atoms with van der Waals surface area (Å²) >= 11 is 0. The molecule has 0 bridgehead atoms. The summed E-state index contributed by atoms with van der Waals surface area (Å²) in [4.78, 5) is 12.0. The summed E-state index contributed by atoms with van der Waals surface area (Å²) in [7, 11) is 0. The zero-order valence-corrected chi connectivity index (χ0v) is 14.0. The Labute approximate surface area is 134 Å². The van der Waals surface area contributed by atoms with Crippen molar-refractivity contribution in [2.45, 2.75) is 65.2 Å². The van der Waals surface area contributed by atoms with Crippen molar-refractivity contribution in [1.82, 2.24) is 0 Å². The van der Waals surface area contributed by atoms with Gasteiger partial charge in [0, 0.05) is 5.69 Å². The number of anilines is 2. The highest BCUT2D eigenvalue weighted by Gasteiger charge is 2.13. The molecule has 1 aromatic rings. The van der Waals surface area contributed by atoms with Gasteiger partial charge in [0.25, 0.3) is 0 Å². The van der Waals surface area contributed by atoms with Crippen molar-refractivity contribution in [1.29, 1.82) is 0 Å². The summed E-state index contributed by atoms with van der Waals surface area (Å²) in [6.45, 7) is 4.49. The van der Waals surface area contributed by atoms with E-state index in [1.165, 1.54) is 38.5 Å². The molecule has 4 N–H and O–H groups in total. The van der Waals surface area contributed by atoms with E-state index in [4.69, 9.17) is 16.2 Å². The van der Waals surface area contributed by atoms with Crippen LogP contribution in [0.25, 0.3) is 0 Å². The third-order valence-electron chi connectivity index (χ3n) is 4.01.